The van der Waals surface area contributed by atoms with Gasteiger partial charge >= 0.3 is 129 Å². The summed E-state index contributed by atoms with van der Waals surface area (Å²) in [6, 6.07) is 10.2. The van der Waals surface area contributed by atoms with Crippen LogP contribution in [-0.4, -0.2) is 87.6 Å². The quantitative estimate of drug-likeness (QED) is 0.0528. The van der Waals surface area contributed by atoms with Crippen LogP contribution in [-0.2, 0) is 54.8 Å². The maximum Gasteiger partial charge on any atom is 1.00 e. The van der Waals surface area contributed by atoms with Crippen molar-refractivity contribution in [2.45, 2.75) is 19.6 Å². The number of benzene rings is 4. The maximum absolute atomic E-state index is 13.8. The van der Waals surface area contributed by atoms with E-state index in [0.29, 0.717) is 18.2 Å². The SMILES string of the molecule is O=S(=O)(O)OCCS(=O)(=O)c1cccc(Nc2nc(Cl)nc(Nc3cc(S(=O)(=O)[O-])cc4cc(S(=O)(=O)[O-])c(N=Nc5ccc(S(=O)(=O)[O-])cc5)c([O-])c34)n2)c1.[Na+].[Na+].[Na+].[Na+]. The van der Waals surface area contributed by atoms with E-state index in [1.807, 2.05) is 0 Å². The van der Waals surface area contributed by atoms with Gasteiger partial charge in [-0.15, -0.1) is 5.11 Å². The first kappa shape index (κ1) is 57.0. The molecule has 0 amide bonds. The molecule has 0 fully saturated rings. The van der Waals surface area contributed by atoms with Crippen molar-refractivity contribution in [3.63, 3.8) is 0 Å². The molecule has 0 bridgehead atoms. The minimum absolute atomic E-state index is 0. The number of anilines is 4. The van der Waals surface area contributed by atoms with E-state index in [1.54, 1.807) is 0 Å². The van der Waals surface area contributed by atoms with Crippen LogP contribution in [0.1, 0.15) is 0 Å². The van der Waals surface area contributed by atoms with Crippen LogP contribution in [0.4, 0.5) is 34.6 Å². The van der Waals surface area contributed by atoms with Crippen molar-refractivity contribution in [1.82, 2.24) is 15.0 Å². The van der Waals surface area contributed by atoms with Crippen molar-refractivity contribution in [2.24, 2.45) is 10.2 Å². The molecule has 1 heterocycles. The van der Waals surface area contributed by atoms with E-state index in [0.717, 1.165) is 36.4 Å². The van der Waals surface area contributed by atoms with Crippen LogP contribution in [0.25, 0.3) is 10.8 Å². The first-order chi connectivity index (χ1) is 25.8. The number of fused-ring (bicyclic) bond motifs is 1. The molecule has 0 aliphatic carbocycles. The molecule has 0 atom stereocenters. The zero-order chi connectivity index (χ0) is 41.4. The van der Waals surface area contributed by atoms with Crippen molar-refractivity contribution in [3.8, 4) is 5.75 Å². The van der Waals surface area contributed by atoms with Crippen molar-refractivity contribution < 1.29 is 188 Å². The van der Waals surface area contributed by atoms with Crippen molar-refractivity contribution in [3.05, 3.63) is 72.0 Å². The van der Waals surface area contributed by atoms with Gasteiger partial charge in [0.25, 0.3) is 0 Å². The maximum atomic E-state index is 13.8. The Bertz CT molecular complexity index is 3010. The predicted molar refractivity (Wildman–Crippen MR) is 185 cm³/mol. The molecule has 4 aromatic carbocycles. The van der Waals surface area contributed by atoms with Gasteiger partial charge in [-0.05, 0) is 83.0 Å². The van der Waals surface area contributed by atoms with Crippen LogP contribution in [0.2, 0.25) is 5.28 Å². The van der Waals surface area contributed by atoms with Crippen LogP contribution in [0.15, 0.2) is 96.5 Å². The predicted octanol–water partition coefficient (Wildman–Crippen LogP) is -10.0. The summed E-state index contributed by atoms with van der Waals surface area (Å²) in [5, 5.41) is 24.4. The normalized spacial score (nSPS) is 12.1. The summed E-state index contributed by atoms with van der Waals surface area (Å²) in [6.45, 7) is -0.907. The molecule has 0 saturated heterocycles. The summed E-state index contributed by atoms with van der Waals surface area (Å²) in [5.74, 6) is -3.18. The Morgan fingerprint density at radius 1 is 0.683 bits per heavy atom. The van der Waals surface area contributed by atoms with E-state index in [4.69, 9.17) is 16.2 Å². The van der Waals surface area contributed by atoms with Crippen molar-refractivity contribution in [1.29, 1.82) is 0 Å². The molecule has 3 N–H and O–H groups in total. The van der Waals surface area contributed by atoms with E-state index >= 15 is 0 Å². The van der Waals surface area contributed by atoms with Gasteiger partial charge in [-0.2, -0.15) is 28.5 Å². The van der Waals surface area contributed by atoms with Crippen LogP contribution in [0, 0.1) is 0 Å². The number of rotatable bonds is 14. The molecule has 23 nitrogen and oxygen atoms in total. The van der Waals surface area contributed by atoms with Gasteiger partial charge in [-0.3, -0.25) is 4.55 Å². The van der Waals surface area contributed by atoms with Gasteiger partial charge in [-0.25, -0.2) is 37.9 Å². The molecule has 0 radical (unpaired) electrons. The van der Waals surface area contributed by atoms with Gasteiger partial charge in [0, 0.05) is 11.4 Å². The molecule has 0 aliphatic heterocycles. The number of halogens is 1. The third-order valence-electron chi connectivity index (χ3n) is 6.94. The van der Waals surface area contributed by atoms with Crippen LogP contribution < -0.4 is 134 Å². The summed E-state index contributed by atoms with van der Waals surface area (Å²) in [4.78, 5) is 8.36. The van der Waals surface area contributed by atoms with E-state index < -0.39 is 123 Å². The molecule has 60 heavy (non-hydrogen) atoms. The number of hydrogen-bond donors (Lipinski definition) is 3. The van der Waals surface area contributed by atoms with Gasteiger partial charge < -0.3 is 29.4 Å². The smallest absolute Gasteiger partial charge is 0.870 e. The van der Waals surface area contributed by atoms with Crippen LogP contribution in [0.3, 0.4) is 0 Å². The average molecular weight is 984 g/mol. The Kier molecular flexibility index (Phi) is 21.1. The molecule has 1 aromatic heterocycles. The minimum atomic E-state index is -5.57. The Morgan fingerprint density at radius 2 is 1.27 bits per heavy atom. The summed E-state index contributed by atoms with van der Waals surface area (Å²) >= 11 is 6.06. The molecule has 298 valence electrons. The van der Waals surface area contributed by atoms with Crippen LogP contribution in [0.5, 0.6) is 5.75 Å². The largest absolute Gasteiger partial charge is 1.00 e. The van der Waals surface area contributed by atoms with Crippen molar-refractivity contribution in [2.75, 3.05) is 23.0 Å². The average Bonchev–Trinajstić information content (AvgIpc) is 3.05. The first-order valence-electron chi connectivity index (χ1n) is 14.4. The molecule has 0 unspecified atom stereocenters. The van der Waals surface area contributed by atoms with E-state index in [2.05, 4.69) is 40.0 Å². The number of aromatic nitrogens is 3. The second-order valence-electron chi connectivity index (χ2n) is 10.8. The molecule has 5 rings (SSSR count). The third-order valence-corrected chi connectivity index (χ3v) is 11.8. The fraction of sp³-hybridized carbons (Fsp3) is 0.0741. The molecule has 5 aromatic rings. The fourth-order valence-corrected chi connectivity index (χ4v) is 7.94. The summed E-state index contributed by atoms with van der Waals surface area (Å²) in [6.07, 6.45) is 0. The molecular formula is C27H18ClN7Na4O16S5. The Labute approximate surface area is 434 Å². The number of nitrogens with one attached hydrogen (secondary N) is 2. The van der Waals surface area contributed by atoms with Gasteiger partial charge in [-0.1, -0.05) is 11.8 Å². The zero-order valence-electron chi connectivity index (χ0n) is 31.0. The molecule has 0 aliphatic rings. The third kappa shape index (κ3) is 15.3. The topological polar surface area (TPSA) is 380 Å². The Morgan fingerprint density at radius 3 is 1.82 bits per heavy atom. The molecular weight excluding hydrogens is 966 g/mol. The monoisotopic (exact) mass is 983 g/mol. The fourth-order valence-electron chi connectivity index (χ4n) is 4.61. The summed E-state index contributed by atoms with van der Waals surface area (Å²) in [5.41, 5.74) is -1.89. The first-order valence-corrected chi connectivity index (χ1v) is 22.0. The standard InChI is InChI=1S/C27H22ClN7O16S5.4Na/c28-25-31-26(29-16-2-1-3-18(12-16)52(37,38)9-8-51-56(48,49)50)33-27(32-25)30-20-13-19(54(42,43)44)10-14-11-21(55(45,46)47)23(24(36)22(14)20)35-34-15-4-6-17(7-5-15)53(39,40)41;;;;/h1-7,10-13,36H,8-9H2,(H,39,40,41)(H,42,43,44)(H,45,46,47)(H,48,49,50)(H2,29,30,31,32,33);;;;/q;4*+1/p-4. The van der Waals surface area contributed by atoms with Crippen LogP contribution >= 0.6 is 11.6 Å². The van der Waals surface area contributed by atoms with Gasteiger partial charge in [0.2, 0.25) is 17.2 Å². The second kappa shape index (κ2) is 22.3. The van der Waals surface area contributed by atoms with E-state index in [9.17, 15) is 60.9 Å². The van der Waals surface area contributed by atoms with Crippen molar-refractivity contribution >= 4 is 108 Å². The summed E-state index contributed by atoms with van der Waals surface area (Å²) in [7, 11) is -24.9. The Balaban J connectivity index is 0.00000450. The number of azo groups is 1. The second-order valence-corrected chi connectivity index (χ2v) is 18.4. The van der Waals surface area contributed by atoms with E-state index in [1.165, 1.54) is 12.1 Å². The van der Waals surface area contributed by atoms with E-state index in [-0.39, 0.29) is 134 Å². The van der Waals surface area contributed by atoms with Gasteiger partial charge in [0.1, 0.15) is 30.4 Å². The summed E-state index contributed by atoms with van der Waals surface area (Å²) < 4.78 is 166. The van der Waals surface area contributed by atoms with Gasteiger partial charge in [0.05, 0.1) is 43.3 Å². The number of hydrogen-bond acceptors (Lipinski definition) is 22. The number of nitrogens with zero attached hydrogens (tertiary/aromatic N) is 5. The van der Waals surface area contributed by atoms with Gasteiger partial charge in [0.15, 0.2) is 9.84 Å². The molecule has 0 spiro atoms. The number of sulfone groups is 1. The zero-order valence-corrected chi connectivity index (χ0v) is 43.8. The molecule has 0 saturated carbocycles. The Hall–Kier alpha value is -1.01. The minimum Gasteiger partial charge on any atom is -0.870 e. The molecule has 33 heteroatoms.